The summed E-state index contributed by atoms with van der Waals surface area (Å²) in [6, 6.07) is 14.7. The Hall–Kier alpha value is -1.73. The van der Waals surface area contributed by atoms with E-state index in [1.54, 1.807) is 11.3 Å². The maximum absolute atomic E-state index is 6.05. The second kappa shape index (κ2) is 8.31. The minimum Gasteiger partial charge on any atom is -0.337 e. The standard InChI is InChI=1S/C19H22N4OS.ClH/c1-13(19-21-18(22-24-19)17-8-5-9-25-17)23-11-15(10-20)16(12-23)14-6-3-2-4-7-14;/h2-9,13,15-16H,10-12,20H2,1H3;1H/t13?,15-,16+;/m1./s1. The van der Waals surface area contributed by atoms with Crippen LogP contribution in [-0.4, -0.2) is 34.7 Å². The number of aromatic nitrogens is 2. The van der Waals surface area contributed by atoms with Crippen molar-refractivity contribution >= 4 is 23.7 Å². The van der Waals surface area contributed by atoms with Crippen LogP contribution >= 0.6 is 23.7 Å². The Kier molecular flexibility index (Phi) is 6.09. The minimum absolute atomic E-state index is 0. The first kappa shape index (κ1) is 19.0. The van der Waals surface area contributed by atoms with E-state index in [0.29, 0.717) is 30.1 Å². The lowest BCUT2D eigenvalue weighted by Gasteiger charge is -2.21. The van der Waals surface area contributed by atoms with Crippen LogP contribution in [0.1, 0.15) is 30.3 Å². The number of nitrogens with two attached hydrogens (primary N) is 1. The van der Waals surface area contributed by atoms with Crippen molar-refractivity contribution in [1.29, 1.82) is 0 Å². The first-order valence-corrected chi connectivity index (χ1v) is 9.50. The van der Waals surface area contributed by atoms with E-state index in [-0.39, 0.29) is 18.4 Å². The fraction of sp³-hybridized carbons (Fsp3) is 0.368. The maximum atomic E-state index is 6.05. The van der Waals surface area contributed by atoms with Crippen LogP contribution in [0.5, 0.6) is 0 Å². The summed E-state index contributed by atoms with van der Waals surface area (Å²) in [6.45, 7) is 4.73. The van der Waals surface area contributed by atoms with Crippen LogP contribution in [-0.2, 0) is 0 Å². The summed E-state index contributed by atoms with van der Waals surface area (Å²) < 4.78 is 5.55. The van der Waals surface area contributed by atoms with Gasteiger partial charge >= 0.3 is 0 Å². The van der Waals surface area contributed by atoms with Crippen molar-refractivity contribution in [3.63, 3.8) is 0 Å². The molecular weight excluding hydrogens is 368 g/mol. The molecule has 1 fully saturated rings. The van der Waals surface area contributed by atoms with E-state index in [1.165, 1.54) is 5.56 Å². The summed E-state index contributed by atoms with van der Waals surface area (Å²) >= 11 is 1.62. The molecule has 1 aromatic carbocycles. The van der Waals surface area contributed by atoms with E-state index in [1.807, 2.05) is 17.5 Å². The fourth-order valence-corrected chi connectivity index (χ4v) is 4.25. The van der Waals surface area contributed by atoms with Crippen LogP contribution in [0.3, 0.4) is 0 Å². The Morgan fingerprint density at radius 3 is 2.73 bits per heavy atom. The molecule has 1 saturated heterocycles. The van der Waals surface area contributed by atoms with Crippen molar-refractivity contribution in [1.82, 2.24) is 15.0 Å². The summed E-state index contributed by atoms with van der Waals surface area (Å²) in [6.07, 6.45) is 0. The molecule has 3 aromatic rings. The number of thiophene rings is 1. The van der Waals surface area contributed by atoms with Gasteiger partial charge in [0.25, 0.3) is 0 Å². The third-order valence-electron chi connectivity index (χ3n) is 5.09. The molecule has 5 nitrogen and oxygen atoms in total. The molecule has 0 amide bonds. The van der Waals surface area contributed by atoms with Crippen LogP contribution < -0.4 is 5.73 Å². The largest absolute Gasteiger partial charge is 0.337 e. The highest BCUT2D eigenvalue weighted by atomic mass is 35.5. The summed E-state index contributed by atoms with van der Waals surface area (Å²) in [5, 5.41) is 6.16. The fourth-order valence-electron chi connectivity index (χ4n) is 3.60. The van der Waals surface area contributed by atoms with Gasteiger partial charge in [-0.25, -0.2) is 0 Å². The summed E-state index contributed by atoms with van der Waals surface area (Å²) in [5.41, 5.74) is 7.41. The Morgan fingerprint density at radius 2 is 2.04 bits per heavy atom. The van der Waals surface area contributed by atoms with Crippen molar-refractivity contribution in [2.75, 3.05) is 19.6 Å². The monoisotopic (exact) mass is 390 g/mol. The highest BCUT2D eigenvalue weighted by Crippen LogP contribution is 2.36. The lowest BCUT2D eigenvalue weighted by molar-refractivity contribution is 0.202. The first-order chi connectivity index (χ1) is 12.3. The van der Waals surface area contributed by atoms with Crippen molar-refractivity contribution in [3.05, 3.63) is 59.3 Å². The smallest absolute Gasteiger partial charge is 0.244 e. The molecule has 3 heterocycles. The summed E-state index contributed by atoms with van der Waals surface area (Å²) in [5.74, 6) is 2.25. The molecule has 0 spiro atoms. The molecule has 2 N–H and O–H groups in total. The van der Waals surface area contributed by atoms with Gasteiger partial charge in [-0.3, -0.25) is 4.90 Å². The summed E-state index contributed by atoms with van der Waals surface area (Å²) in [7, 11) is 0. The van der Waals surface area contributed by atoms with E-state index in [0.717, 1.165) is 18.0 Å². The van der Waals surface area contributed by atoms with Gasteiger partial charge in [0.2, 0.25) is 11.7 Å². The SMILES string of the molecule is CC(c1nc(-c2cccs2)no1)N1C[C@@H](CN)[C@H](c2ccccc2)C1.Cl. The predicted octanol–water partition coefficient (Wildman–Crippen LogP) is 3.96. The lowest BCUT2D eigenvalue weighted by Crippen LogP contribution is -2.26. The second-order valence-electron chi connectivity index (χ2n) is 6.58. The second-order valence-corrected chi connectivity index (χ2v) is 7.52. The predicted molar refractivity (Wildman–Crippen MR) is 107 cm³/mol. The maximum Gasteiger partial charge on any atom is 0.244 e. The van der Waals surface area contributed by atoms with E-state index >= 15 is 0 Å². The van der Waals surface area contributed by atoms with Gasteiger partial charge in [-0.15, -0.1) is 23.7 Å². The normalized spacial score (nSPS) is 21.5. The average Bonchev–Trinajstić information content (AvgIpc) is 3.41. The quantitative estimate of drug-likeness (QED) is 0.714. The zero-order valence-corrected chi connectivity index (χ0v) is 16.2. The molecule has 7 heteroatoms. The lowest BCUT2D eigenvalue weighted by atomic mass is 9.89. The van der Waals surface area contributed by atoms with E-state index in [2.05, 4.69) is 52.3 Å². The van der Waals surface area contributed by atoms with Crippen LogP contribution in [0.4, 0.5) is 0 Å². The zero-order chi connectivity index (χ0) is 17.2. The molecule has 0 saturated carbocycles. The molecule has 4 rings (SSSR count). The average molecular weight is 391 g/mol. The van der Waals surface area contributed by atoms with E-state index < -0.39 is 0 Å². The Bertz CT molecular complexity index is 808. The van der Waals surface area contributed by atoms with Crippen LogP contribution in [0.2, 0.25) is 0 Å². The molecule has 26 heavy (non-hydrogen) atoms. The zero-order valence-electron chi connectivity index (χ0n) is 14.6. The summed E-state index contributed by atoms with van der Waals surface area (Å²) in [4.78, 5) is 8.04. The topological polar surface area (TPSA) is 68.2 Å². The van der Waals surface area contributed by atoms with E-state index in [9.17, 15) is 0 Å². The third kappa shape index (κ3) is 3.69. The number of likely N-dealkylation sites (tertiary alicyclic amines) is 1. The van der Waals surface area contributed by atoms with Gasteiger partial charge in [0.05, 0.1) is 10.9 Å². The molecule has 2 aromatic heterocycles. The van der Waals surface area contributed by atoms with Crippen LogP contribution in [0.15, 0.2) is 52.4 Å². The van der Waals surface area contributed by atoms with Crippen molar-refractivity contribution < 1.29 is 4.52 Å². The molecular formula is C19H23ClN4OS. The Morgan fingerprint density at radius 1 is 1.23 bits per heavy atom. The number of hydrogen-bond acceptors (Lipinski definition) is 6. The van der Waals surface area contributed by atoms with E-state index in [4.69, 9.17) is 10.3 Å². The molecule has 3 atom stereocenters. The molecule has 138 valence electrons. The van der Waals surface area contributed by atoms with Crippen molar-refractivity contribution in [2.45, 2.75) is 18.9 Å². The van der Waals surface area contributed by atoms with Crippen LogP contribution in [0, 0.1) is 5.92 Å². The van der Waals surface area contributed by atoms with Gasteiger partial charge in [0.15, 0.2) is 0 Å². The molecule has 0 radical (unpaired) electrons. The molecule has 1 aliphatic rings. The number of halogens is 1. The molecule has 1 aliphatic heterocycles. The minimum atomic E-state index is 0. The van der Waals surface area contributed by atoms with Crippen LogP contribution in [0.25, 0.3) is 10.7 Å². The molecule has 0 bridgehead atoms. The van der Waals surface area contributed by atoms with Gasteiger partial charge < -0.3 is 10.3 Å². The molecule has 1 unspecified atom stereocenters. The van der Waals surface area contributed by atoms with Gasteiger partial charge in [-0.05, 0) is 36.4 Å². The Labute approximate surface area is 163 Å². The molecule has 0 aliphatic carbocycles. The van der Waals surface area contributed by atoms with Gasteiger partial charge in [-0.1, -0.05) is 41.6 Å². The van der Waals surface area contributed by atoms with Crippen molar-refractivity contribution in [3.8, 4) is 10.7 Å². The highest BCUT2D eigenvalue weighted by molar-refractivity contribution is 7.13. The number of nitrogens with zero attached hydrogens (tertiary/aromatic N) is 3. The number of hydrogen-bond donors (Lipinski definition) is 1. The van der Waals surface area contributed by atoms with Gasteiger partial charge in [-0.2, -0.15) is 4.98 Å². The highest BCUT2D eigenvalue weighted by Gasteiger charge is 2.36. The number of benzene rings is 1. The number of rotatable bonds is 5. The third-order valence-corrected chi connectivity index (χ3v) is 5.95. The Balaban J connectivity index is 0.00000196. The van der Waals surface area contributed by atoms with Gasteiger partial charge in [0.1, 0.15) is 0 Å². The van der Waals surface area contributed by atoms with Crippen molar-refractivity contribution in [2.24, 2.45) is 11.7 Å². The first-order valence-electron chi connectivity index (χ1n) is 8.63. The van der Waals surface area contributed by atoms with Gasteiger partial charge in [0, 0.05) is 19.0 Å².